The van der Waals surface area contributed by atoms with Gasteiger partial charge in [0.2, 0.25) is 0 Å². The summed E-state index contributed by atoms with van der Waals surface area (Å²) in [7, 11) is 0. The molecule has 0 amide bonds. The van der Waals surface area contributed by atoms with Crippen molar-refractivity contribution < 1.29 is 0 Å². The van der Waals surface area contributed by atoms with Gasteiger partial charge in [0.1, 0.15) is 0 Å². The van der Waals surface area contributed by atoms with Crippen LogP contribution >= 0.6 is 11.8 Å². The van der Waals surface area contributed by atoms with Crippen LogP contribution in [0.25, 0.3) is 0 Å². The van der Waals surface area contributed by atoms with E-state index in [1.54, 1.807) is 0 Å². The van der Waals surface area contributed by atoms with E-state index in [9.17, 15) is 0 Å². The van der Waals surface area contributed by atoms with Crippen LogP contribution in [-0.4, -0.2) is 10.00 Å². The first-order valence-corrected chi connectivity index (χ1v) is 7.14. The lowest BCUT2D eigenvalue weighted by Crippen LogP contribution is -2.49. The number of hydrogen-bond donors (Lipinski definition) is 0. The Morgan fingerprint density at radius 3 is 2.00 bits per heavy atom. The molecule has 4 bridgehead atoms. The second-order valence-corrected chi connectivity index (χ2v) is 7.80. The van der Waals surface area contributed by atoms with Crippen molar-refractivity contribution in [3.8, 4) is 6.07 Å². The number of hydrogen-bond acceptors (Lipinski definition) is 2. The maximum absolute atomic E-state index is 8.97. The van der Waals surface area contributed by atoms with E-state index in [4.69, 9.17) is 5.26 Å². The van der Waals surface area contributed by atoms with Gasteiger partial charge in [0.25, 0.3) is 0 Å². The lowest BCUT2D eigenvalue weighted by molar-refractivity contribution is 0.0382. The molecule has 1 unspecified atom stereocenters. The number of nitrogens with zero attached hydrogens (tertiary/aromatic N) is 1. The molecule has 0 heterocycles. The molecule has 0 aromatic carbocycles. The smallest absolute Gasteiger partial charge is 0.0894 e. The third kappa shape index (κ3) is 1.69. The zero-order chi connectivity index (χ0) is 10.5. The van der Waals surface area contributed by atoms with Crippen molar-refractivity contribution in [3.63, 3.8) is 0 Å². The van der Waals surface area contributed by atoms with Crippen molar-refractivity contribution in [1.82, 2.24) is 0 Å². The first kappa shape index (κ1) is 10.0. The predicted molar refractivity (Wildman–Crippen MR) is 63.6 cm³/mol. The Bertz CT molecular complexity index is 269. The first-order valence-electron chi connectivity index (χ1n) is 6.26. The van der Waals surface area contributed by atoms with Crippen molar-refractivity contribution in [2.24, 2.45) is 17.8 Å². The van der Waals surface area contributed by atoms with E-state index >= 15 is 0 Å². The summed E-state index contributed by atoms with van der Waals surface area (Å²) < 4.78 is 0.518. The Morgan fingerprint density at radius 2 is 1.60 bits per heavy atom. The van der Waals surface area contributed by atoms with Gasteiger partial charge in [-0.25, -0.2) is 0 Å². The van der Waals surface area contributed by atoms with Crippen molar-refractivity contribution in [1.29, 1.82) is 5.26 Å². The molecule has 2 heteroatoms. The van der Waals surface area contributed by atoms with Gasteiger partial charge in [-0.3, -0.25) is 0 Å². The van der Waals surface area contributed by atoms with E-state index < -0.39 is 0 Å². The van der Waals surface area contributed by atoms with Crippen LogP contribution in [0.3, 0.4) is 0 Å². The van der Waals surface area contributed by atoms with E-state index in [2.05, 4.69) is 13.0 Å². The summed E-state index contributed by atoms with van der Waals surface area (Å²) >= 11 is 2.00. The molecule has 0 aromatic rings. The lowest BCUT2D eigenvalue weighted by atomic mass is 9.56. The van der Waals surface area contributed by atoms with Gasteiger partial charge >= 0.3 is 0 Å². The van der Waals surface area contributed by atoms with Gasteiger partial charge in [0, 0.05) is 4.75 Å². The van der Waals surface area contributed by atoms with Crippen molar-refractivity contribution in [2.75, 3.05) is 0 Å². The van der Waals surface area contributed by atoms with Crippen LogP contribution in [0.2, 0.25) is 0 Å². The maximum atomic E-state index is 8.97. The molecule has 0 aromatic heterocycles. The molecule has 1 nitrogen and oxygen atoms in total. The van der Waals surface area contributed by atoms with Gasteiger partial charge in [-0.05, 0) is 63.2 Å². The summed E-state index contributed by atoms with van der Waals surface area (Å²) in [4.78, 5) is 0. The highest BCUT2D eigenvalue weighted by atomic mass is 32.2. The SMILES string of the molecule is CC(C#N)SC12CC3CC(CC(C3)C1)C2. The summed E-state index contributed by atoms with van der Waals surface area (Å²) in [5, 5.41) is 9.16. The van der Waals surface area contributed by atoms with E-state index in [1.807, 2.05) is 11.8 Å². The number of thioether (sulfide) groups is 1. The van der Waals surface area contributed by atoms with E-state index in [0.29, 0.717) is 4.75 Å². The van der Waals surface area contributed by atoms with Crippen LogP contribution in [0.1, 0.15) is 45.4 Å². The van der Waals surface area contributed by atoms with Gasteiger partial charge in [-0.1, -0.05) is 0 Å². The van der Waals surface area contributed by atoms with Gasteiger partial charge in [-0.2, -0.15) is 5.26 Å². The van der Waals surface area contributed by atoms with Gasteiger partial charge in [-0.15, -0.1) is 11.8 Å². The van der Waals surface area contributed by atoms with Crippen molar-refractivity contribution in [2.45, 2.75) is 55.4 Å². The third-order valence-corrected chi connectivity index (χ3v) is 6.05. The fourth-order valence-corrected chi connectivity index (χ4v) is 6.38. The van der Waals surface area contributed by atoms with Crippen LogP contribution < -0.4 is 0 Å². The molecule has 4 fully saturated rings. The normalized spacial score (nSPS) is 48.9. The topological polar surface area (TPSA) is 23.8 Å². The zero-order valence-electron chi connectivity index (χ0n) is 9.41. The Morgan fingerprint density at radius 1 is 1.13 bits per heavy atom. The van der Waals surface area contributed by atoms with Crippen LogP contribution in [0.4, 0.5) is 0 Å². The largest absolute Gasteiger partial charge is 0.197 e. The van der Waals surface area contributed by atoms with E-state index in [0.717, 1.165) is 17.8 Å². The van der Waals surface area contributed by atoms with Gasteiger partial charge in [0.05, 0.1) is 11.3 Å². The fourth-order valence-electron chi connectivity index (χ4n) is 4.58. The zero-order valence-corrected chi connectivity index (χ0v) is 10.2. The van der Waals surface area contributed by atoms with Crippen LogP contribution in [0.5, 0.6) is 0 Å². The number of rotatable bonds is 2. The van der Waals surface area contributed by atoms with Crippen molar-refractivity contribution >= 4 is 11.8 Å². The molecule has 82 valence electrons. The highest BCUT2D eigenvalue weighted by molar-refractivity contribution is 8.01. The standard InChI is InChI=1S/C13H19NS/c1-9(8-14)15-13-5-10-2-11(6-13)4-12(3-10)7-13/h9-12H,2-7H2,1H3. The Balaban J connectivity index is 1.78. The molecule has 1 atom stereocenters. The molecule has 4 saturated carbocycles. The maximum Gasteiger partial charge on any atom is 0.0894 e. The van der Waals surface area contributed by atoms with Crippen LogP contribution in [-0.2, 0) is 0 Å². The minimum absolute atomic E-state index is 0.196. The highest BCUT2D eigenvalue weighted by Gasteiger charge is 2.51. The molecule has 4 rings (SSSR count). The summed E-state index contributed by atoms with van der Waals surface area (Å²) in [5.41, 5.74) is 0. The van der Waals surface area contributed by atoms with Gasteiger partial charge in [0.15, 0.2) is 0 Å². The quantitative estimate of drug-likeness (QED) is 0.711. The molecular weight excluding hydrogens is 202 g/mol. The molecule has 4 aliphatic carbocycles. The molecule has 0 radical (unpaired) electrons. The lowest BCUT2D eigenvalue weighted by Gasteiger charge is -2.56. The van der Waals surface area contributed by atoms with Crippen LogP contribution in [0.15, 0.2) is 0 Å². The third-order valence-electron chi connectivity index (χ3n) is 4.59. The average Bonchev–Trinajstić information content (AvgIpc) is 2.14. The molecule has 4 aliphatic rings. The molecule has 0 saturated heterocycles. The minimum Gasteiger partial charge on any atom is -0.197 e. The summed E-state index contributed by atoms with van der Waals surface area (Å²) in [6, 6.07) is 2.40. The number of nitriles is 1. The molecule has 0 spiro atoms. The van der Waals surface area contributed by atoms with Gasteiger partial charge < -0.3 is 0 Å². The second kappa shape index (κ2) is 3.42. The first-order chi connectivity index (χ1) is 7.19. The van der Waals surface area contributed by atoms with E-state index in [1.165, 1.54) is 38.5 Å². The molecule has 0 N–H and O–H groups in total. The van der Waals surface area contributed by atoms with Crippen LogP contribution in [0, 0.1) is 29.1 Å². The summed E-state index contributed by atoms with van der Waals surface area (Å²) in [6.45, 7) is 2.07. The summed E-state index contributed by atoms with van der Waals surface area (Å²) in [5.74, 6) is 3.03. The fraction of sp³-hybridized carbons (Fsp3) is 0.923. The van der Waals surface area contributed by atoms with Crippen molar-refractivity contribution in [3.05, 3.63) is 0 Å². The second-order valence-electron chi connectivity index (χ2n) is 5.99. The summed E-state index contributed by atoms with van der Waals surface area (Å²) in [6.07, 6.45) is 8.74. The molecular formula is C13H19NS. The Hall–Kier alpha value is -0.160. The van der Waals surface area contributed by atoms with E-state index in [-0.39, 0.29) is 5.25 Å². The monoisotopic (exact) mass is 221 g/mol. The minimum atomic E-state index is 0.196. The molecule has 15 heavy (non-hydrogen) atoms. The Labute approximate surface area is 96.6 Å². The average molecular weight is 221 g/mol. The Kier molecular flexibility index (Phi) is 2.28. The highest BCUT2D eigenvalue weighted by Crippen LogP contribution is 2.61. The predicted octanol–water partition coefficient (Wildman–Crippen LogP) is 3.60. The molecule has 0 aliphatic heterocycles.